The summed E-state index contributed by atoms with van der Waals surface area (Å²) < 4.78 is 0. The molecule has 2 aromatic rings. The molecule has 0 atom stereocenters. The molecule has 2 aromatic carbocycles. The van der Waals surface area contributed by atoms with Crippen LogP contribution in [-0.2, 0) is 9.59 Å². The van der Waals surface area contributed by atoms with Gasteiger partial charge in [0.15, 0.2) is 0 Å². The van der Waals surface area contributed by atoms with Gasteiger partial charge >= 0.3 is 0 Å². The molecule has 5 heteroatoms. The Hall–Kier alpha value is -2.53. The zero-order valence-corrected chi connectivity index (χ0v) is 12.7. The van der Waals surface area contributed by atoms with E-state index in [1.54, 1.807) is 0 Å². The van der Waals surface area contributed by atoms with Crippen LogP contribution in [0.5, 0.6) is 0 Å². The number of aryl methyl sites for hydroxylation is 1. The van der Waals surface area contributed by atoms with Crippen molar-refractivity contribution in [3.05, 3.63) is 65.1 Å². The SMILES string of the molecule is Cc1ccc(NC(=O)/C=C2\Sc3ccccc3NC2=O)cc1. The van der Waals surface area contributed by atoms with Crippen molar-refractivity contribution in [1.82, 2.24) is 0 Å². The molecule has 110 valence electrons. The van der Waals surface area contributed by atoms with Crippen molar-refractivity contribution in [2.45, 2.75) is 11.8 Å². The second-order valence-electron chi connectivity index (χ2n) is 4.92. The van der Waals surface area contributed by atoms with Gasteiger partial charge in [-0.15, -0.1) is 0 Å². The van der Waals surface area contributed by atoms with Crippen LogP contribution in [0.1, 0.15) is 5.56 Å². The van der Waals surface area contributed by atoms with E-state index in [1.807, 2.05) is 55.5 Å². The average Bonchev–Trinajstić information content (AvgIpc) is 2.50. The van der Waals surface area contributed by atoms with Crippen LogP contribution < -0.4 is 10.6 Å². The van der Waals surface area contributed by atoms with Crippen LogP contribution in [-0.4, -0.2) is 11.8 Å². The van der Waals surface area contributed by atoms with Crippen LogP contribution >= 0.6 is 11.8 Å². The van der Waals surface area contributed by atoms with Gasteiger partial charge in [-0.2, -0.15) is 0 Å². The molecule has 0 saturated carbocycles. The van der Waals surface area contributed by atoms with E-state index >= 15 is 0 Å². The maximum absolute atomic E-state index is 12.0. The number of carbonyl (C=O) groups excluding carboxylic acids is 2. The van der Waals surface area contributed by atoms with Crippen molar-refractivity contribution in [1.29, 1.82) is 0 Å². The minimum atomic E-state index is -0.319. The fourth-order valence-corrected chi connectivity index (χ4v) is 2.96. The summed E-state index contributed by atoms with van der Waals surface area (Å²) in [5.41, 5.74) is 2.60. The van der Waals surface area contributed by atoms with Gasteiger partial charge in [-0.1, -0.05) is 41.6 Å². The van der Waals surface area contributed by atoms with Crippen LogP contribution in [0.15, 0.2) is 64.4 Å². The topological polar surface area (TPSA) is 58.2 Å². The number of fused-ring (bicyclic) bond motifs is 1. The zero-order chi connectivity index (χ0) is 15.5. The van der Waals surface area contributed by atoms with E-state index in [4.69, 9.17) is 0 Å². The number of nitrogens with one attached hydrogen (secondary N) is 2. The monoisotopic (exact) mass is 310 g/mol. The Morgan fingerprint density at radius 1 is 1.14 bits per heavy atom. The van der Waals surface area contributed by atoms with Crippen molar-refractivity contribution in [3.63, 3.8) is 0 Å². The molecule has 3 rings (SSSR count). The summed E-state index contributed by atoms with van der Waals surface area (Å²) in [6.45, 7) is 1.98. The first-order valence-corrected chi connectivity index (χ1v) is 7.61. The summed E-state index contributed by atoms with van der Waals surface area (Å²) in [6, 6.07) is 15.0. The van der Waals surface area contributed by atoms with Crippen LogP contribution in [0.3, 0.4) is 0 Å². The van der Waals surface area contributed by atoms with Crippen LogP contribution in [0.2, 0.25) is 0 Å². The summed E-state index contributed by atoms with van der Waals surface area (Å²) in [4.78, 5) is 25.4. The molecule has 4 nitrogen and oxygen atoms in total. The summed E-state index contributed by atoms with van der Waals surface area (Å²) in [5.74, 6) is -0.580. The van der Waals surface area contributed by atoms with E-state index in [-0.39, 0.29) is 11.8 Å². The lowest BCUT2D eigenvalue weighted by atomic mass is 10.2. The highest BCUT2D eigenvalue weighted by atomic mass is 32.2. The van der Waals surface area contributed by atoms with Crippen molar-refractivity contribution >= 4 is 35.0 Å². The Kier molecular flexibility index (Phi) is 3.98. The van der Waals surface area contributed by atoms with E-state index in [1.165, 1.54) is 17.8 Å². The molecule has 0 aliphatic carbocycles. The molecule has 0 fully saturated rings. The third-order valence-electron chi connectivity index (χ3n) is 3.16. The Bertz CT molecular complexity index is 766. The highest BCUT2D eigenvalue weighted by Crippen LogP contribution is 2.37. The summed E-state index contributed by atoms with van der Waals surface area (Å²) in [7, 11) is 0. The molecule has 0 bridgehead atoms. The Morgan fingerprint density at radius 2 is 1.86 bits per heavy atom. The van der Waals surface area contributed by atoms with Gasteiger partial charge in [-0.25, -0.2) is 0 Å². The maximum atomic E-state index is 12.0. The molecule has 22 heavy (non-hydrogen) atoms. The van der Waals surface area contributed by atoms with E-state index in [2.05, 4.69) is 10.6 Å². The molecule has 2 amide bonds. The van der Waals surface area contributed by atoms with Crippen molar-refractivity contribution in [3.8, 4) is 0 Å². The smallest absolute Gasteiger partial charge is 0.262 e. The lowest BCUT2D eigenvalue weighted by Crippen LogP contribution is -2.19. The van der Waals surface area contributed by atoms with E-state index in [0.29, 0.717) is 10.6 Å². The first-order valence-electron chi connectivity index (χ1n) is 6.79. The van der Waals surface area contributed by atoms with Crippen molar-refractivity contribution in [2.24, 2.45) is 0 Å². The Balaban J connectivity index is 1.76. The lowest BCUT2D eigenvalue weighted by molar-refractivity contribution is -0.114. The molecular formula is C17H14N2O2S. The third kappa shape index (κ3) is 3.20. The molecule has 2 N–H and O–H groups in total. The zero-order valence-electron chi connectivity index (χ0n) is 11.9. The normalized spacial score (nSPS) is 15.1. The number of para-hydroxylation sites is 1. The quantitative estimate of drug-likeness (QED) is 0.834. The summed E-state index contributed by atoms with van der Waals surface area (Å²) in [6.07, 6.45) is 1.33. The standard InChI is InChI=1S/C17H14N2O2S/c1-11-6-8-12(9-7-11)18-16(20)10-15-17(21)19-13-4-2-3-5-14(13)22-15/h2-10H,1H3,(H,18,20)(H,19,21)/b15-10-. The largest absolute Gasteiger partial charge is 0.322 e. The molecular weight excluding hydrogens is 296 g/mol. The highest BCUT2D eigenvalue weighted by molar-refractivity contribution is 8.04. The van der Waals surface area contributed by atoms with Crippen molar-refractivity contribution < 1.29 is 9.59 Å². The molecule has 1 heterocycles. The van der Waals surface area contributed by atoms with Gasteiger partial charge < -0.3 is 10.6 Å². The van der Waals surface area contributed by atoms with Gasteiger partial charge in [0.05, 0.1) is 10.6 Å². The van der Waals surface area contributed by atoms with Gasteiger partial charge in [0, 0.05) is 16.7 Å². The molecule has 1 aliphatic heterocycles. The number of hydrogen-bond donors (Lipinski definition) is 2. The van der Waals surface area contributed by atoms with Crippen LogP contribution in [0.4, 0.5) is 11.4 Å². The molecule has 0 saturated heterocycles. The van der Waals surface area contributed by atoms with Crippen molar-refractivity contribution in [2.75, 3.05) is 10.6 Å². The number of hydrogen-bond acceptors (Lipinski definition) is 3. The average molecular weight is 310 g/mol. The second-order valence-corrected chi connectivity index (χ2v) is 6.00. The predicted octanol–water partition coefficient (Wildman–Crippen LogP) is 3.56. The Morgan fingerprint density at radius 3 is 2.64 bits per heavy atom. The minimum Gasteiger partial charge on any atom is -0.322 e. The van der Waals surface area contributed by atoms with Gasteiger partial charge in [-0.05, 0) is 31.2 Å². The number of amides is 2. The molecule has 1 aliphatic rings. The van der Waals surface area contributed by atoms with Gasteiger partial charge in [0.25, 0.3) is 5.91 Å². The van der Waals surface area contributed by atoms with Crippen LogP contribution in [0.25, 0.3) is 0 Å². The predicted molar refractivity (Wildman–Crippen MR) is 88.8 cm³/mol. The summed E-state index contributed by atoms with van der Waals surface area (Å²) in [5, 5.41) is 5.53. The number of anilines is 2. The molecule has 0 radical (unpaired) electrons. The number of thioether (sulfide) groups is 1. The Labute approximate surface area is 132 Å². The number of benzene rings is 2. The van der Waals surface area contributed by atoms with E-state index < -0.39 is 0 Å². The van der Waals surface area contributed by atoms with E-state index in [9.17, 15) is 9.59 Å². The highest BCUT2D eigenvalue weighted by Gasteiger charge is 2.21. The summed E-state index contributed by atoms with van der Waals surface area (Å²) >= 11 is 1.29. The molecule has 0 unspecified atom stereocenters. The van der Waals surface area contributed by atoms with Gasteiger partial charge in [0.2, 0.25) is 5.91 Å². The van der Waals surface area contributed by atoms with E-state index in [0.717, 1.165) is 16.1 Å². The van der Waals surface area contributed by atoms with Crippen LogP contribution in [0, 0.1) is 6.92 Å². The van der Waals surface area contributed by atoms with Gasteiger partial charge in [-0.3, -0.25) is 9.59 Å². The second kappa shape index (κ2) is 6.07. The number of carbonyl (C=O) groups is 2. The first-order chi connectivity index (χ1) is 10.6. The molecule has 0 aromatic heterocycles. The maximum Gasteiger partial charge on any atom is 0.262 e. The molecule has 0 spiro atoms. The first kappa shape index (κ1) is 14.4. The fourth-order valence-electron chi connectivity index (χ4n) is 2.04. The van der Waals surface area contributed by atoms with Gasteiger partial charge in [0.1, 0.15) is 0 Å². The third-order valence-corrected chi connectivity index (χ3v) is 4.26. The lowest BCUT2D eigenvalue weighted by Gasteiger charge is -2.17. The minimum absolute atomic E-state index is 0.261. The fraction of sp³-hybridized carbons (Fsp3) is 0.0588. The number of rotatable bonds is 2.